The maximum absolute atomic E-state index is 11.9. The summed E-state index contributed by atoms with van der Waals surface area (Å²) in [4.78, 5) is 0. The average molecular weight is 291 g/mol. The summed E-state index contributed by atoms with van der Waals surface area (Å²) in [7, 11) is 0. The molecule has 0 heterocycles. The molecule has 1 aromatic rings. The van der Waals surface area contributed by atoms with Crippen molar-refractivity contribution in [3.05, 3.63) is 29.8 Å². The van der Waals surface area contributed by atoms with Gasteiger partial charge in [0, 0.05) is 12.1 Å². The second-order valence-electron chi connectivity index (χ2n) is 5.48. The lowest BCUT2D eigenvalue weighted by molar-refractivity contribution is -0.186. The molecule has 0 saturated heterocycles. The Hall–Kier alpha value is -1.27. The van der Waals surface area contributed by atoms with Gasteiger partial charge >= 0.3 is 6.18 Å². The van der Waals surface area contributed by atoms with Crippen LogP contribution in [0.5, 0.6) is 5.75 Å². The van der Waals surface area contributed by atoms with Crippen LogP contribution in [0.15, 0.2) is 24.3 Å². The van der Waals surface area contributed by atoms with Crippen molar-refractivity contribution in [1.29, 1.82) is 0 Å². The van der Waals surface area contributed by atoms with Crippen molar-refractivity contribution in [2.24, 2.45) is 0 Å². The molecule has 0 fully saturated rings. The van der Waals surface area contributed by atoms with Gasteiger partial charge in [-0.3, -0.25) is 0 Å². The number of rotatable bonds is 6. The van der Waals surface area contributed by atoms with Crippen LogP contribution >= 0.6 is 0 Å². The summed E-state index contributed by atoms with van der Waals surface area (Å²) in [6.45, 7) is 5.09. The Morgan fingerprint density at radius 1 is 1.15 bits per heavy atom. The van der Waals surface area contributed by atoms with Crippen molar-refractivity contribution in [2.45, 2.75) is 39.0 Å². The first kappa shape index (κ1) is 16.8. The van der Waals surface area contributed by atoms with E-state index in [-0.39, 0.29) is 5.54 Å². The highest BCUT2D eigenvalue weighted by molar-refractivity contribution is 5.28. The largest absolute Gasteiger partial charge is 0.468 e. The van der Waals surface area contributed by atoms with Crippen molar-refractivity contribution in [3.8, 4) is 5.75 Å². The van der Waals surface area contributed by atoms with E-state index in [1.807, 2.05) is 6.07 Å². The molecule has 0 aromatic heterocycles. The first-order valence-electron chi connectivity index (χ1n) is 6.27. The van der Waals surface area contributed by atoms with Crippen LogP contribution in [0.4, 0.5) is 13.2 Å². The highest BCUT2D eigenvalue weighted by Gasteiger charge is 2.27. The SMILES string of the molecule is CC(C)(C)NCc1cccc(OCOCC(F)(F)F)c1. The minimum atomic E-state index is -4.33. The molecule has 3 nitrogen and oxygen atoms in total. The van der Waals surface area contributed by atoms with Crippen LogP contribution in [0.25, 0.3) is 0 Å². The summed E-state index contributed by atoms with van der Waals surface area (Å²) in [5.74, 6) is 0.486. The third-order valence-electron chi connectivity index (χ3n) is 2.30. The van der Waals surface area contributed by atoms with E-state index < -0.39 is 19.6 Å². The Bertz CT molecular complexity index is 414. The quantitative estimate of drug-likeness (QED) is 0.643. The van der Waals surface area contributed by atoms with Gasteiger partial charge in [0.2, 0.25) is 0 Å². The highest BCUT2D eigenvalue weighted by Crippen LogP contribution is 2.16. The second-order valence-corrected chi connectivity index (χ2v) is 5.48. The topological polar surface area (TPSA) is 30.5 Å². The van der Waals surface area contributed by atoms with E-state index in [4.69, 9.17) is 4.74 Å². The van der Waals surface area contributed by atoms with Crippen LogP contribution < -0.4 is 10.1 Å². The standard InChI is InChI=1S/C14H20F3NO2/c1-13(2,3)18-8-11-5-4-6-12(7-11)20-10-19-9-14(15,16)17/h4-7,18H,8-10H2,1-3H3. The van der Waals surface area contributed by atoms with Crippen molar-refractivity contribution in [2.75, 3.05) is 13.4 Å². The predicted molar refractivity (Wildman–Crippen MR) is 70.5 cm³/mol. The lowest BCUT2D eigenvalue weighted by Crippen LogP contribution is -2.35. The van der Waals surface area contributed by atoms with Gasteiger partial charge in [-0.25, -0.2) is 0 Å². The number of benzene rings is 1. The molecule has 114 valence electrons. The van der Waals surface area contributed by atoms with E-state index in [0.717, 1.165) is 5.56 Å². The van der Waals surface area contributed by atoms with Crippen LogP contribution in [0.1, 0.15) is 26.3 Å². The molecule has 1 rings (SSSR count). The molecule has 0 aliphatic carbocycles. The summed E-state index contributed by atoms with van der Waals surface area (Å²) in [5, 5.41) is 3.32. The zero-order valence-electron chi connectivity index (χ0n) is 11.9. The number of ether oxygens (including phenoxy) is 2. The third-order valence-corrected chi connectivity index (χ3v) is 2.30. The molecule has 6 heteroatoms. The second kappa shape index (κ2) is 6.95. The van der Waals surface area contributed by atoms with E-state index in [9.17, 15) is 13.2 Å². The van der Waals surface area contributed by atoms with Crippen molar-refractivity contribution < 1.29 is 22.6 Å². The lowest BCUT2D eigenvalue weighted by Gasteiger charge is -2.20. The van der Waals surface area contributed by atoms with Gasteiger partial charge < -0.3 is 14.8 Å². The van der Waals surface area contributed by atoms with E-state index in [0.29, 0.717) is 12.3 Å². The highest BCUT2D eigenvalue weighted by atomic mass is 19.4. The van der Waals surface area contributed by atoms with Crippen molar-refractivity contribution >= 4 is 0 Å². The molecule has 0 saturated carbocycles. The van der Waals surface area contributed by atoms with E-state index >= 15 is 0 Å². The number of nitrogens with one attached hydrogen (secondary N) is 1. The molecule has 0 atom stereocenters. The summed E-state index contributed by atoms with van der Waals surface area (Å²) in [6.07, 6.45) is -4.33. The molecule has 0 amide bonds. The van der Waals surface area contributed by atoms with Crippen LogP contribution in [0, 0.1) is 0 Å². The van der Waals surface area contributed by atoms with Crippen LogP contribution in [-0.4, -0.2) is 25.1 Å². The smallest absolute Gasteiger partial charge is 0.411 e. The van der Waals surface area contributed by atoms with Gasteiger partial charge in [0.05, 0.1) is 0 Å². The zero-order valence-corrected chi connectivity index (χ0v) is 11.9. The Morgan fingerprint density at radius 2 is 1.85 bits per heavy atom. The predicted octanol–water partition coefficient (Wildman–Crippen LogP) is 3.49. The minimum Gasteiger partial charge on any atom is -0.468 e. The van der Waals surface area contributed by atoms with Crippen molar-refractivity contribution in [1.82, 2.24) is 5.32 Å². The van der Waals surface area contributed by atoms with Gasteiger partial charge in [-0.15, -0.1) is 0 Å². The molecule has 0 radical (unpaired) electrons. The van der Waals surface area contributed by atoms with Crippen LogP contribution in [-0.2, 0) is 11.3 Å². The maximum atomic E-state index is 11.9. The molecular weight excluding hydrogens is 271 g/mol. The molecule has 0 unspecified atom stereocenters. The van der Waals surface area contributed by atoms with Gasteiger partial charge in [0.25, 0.3) is 0 Å². The summed E-state index contributed by atoms with van der Waals surface area (Å²) in [5.41, 5.74) is 0.986. The summed E-state index contributed by atoms with van der Waals surface area (Å²) in [6, 6.07) is 7.16. The zero-order chi connectivity index (χ0) is 15.2. The van der Waals surface area contributed by atoms with Gasteiger partial charge in [-0.1, -0.05) is 12.1 Å². The van der Waals surface area contributed by atoms with E-state index in [1.54, 1.807) is 18.2 Å². The number of halogens is 3. The molecule has 0 aliphatic heterocycles. The van der Waals surface area contributed by atoms with Gasteiger partial charge in [-0.05, 0) is 38.5 Å². The lowest BCUT2D eigenvalue weighted by atomic mass is 10.1. The Kier molecular flexibility index (Phi) is 5.83. The molecular formula is C14H20F3NO2. The van der Waals surface area contributed by atoms with Gasteiger partial charge in [-0.2, -0.15) is 13.2 Å². The Labute approximate surface area is 117 Å². The van der Waals surface area contributed by atoms with E-state index in [2.05, 4.69) is 30.8 Å². The number of hydrogen-bond acceptors (Lipinski definition) is 3. The molecule has 1 aromatic carbocycles. The normalized spacial score (nSPS) is 12.5. The van der Waals surface area contributed by atoms with Crippen molar-refractivity contribution in [3.63, 3.8) is 0 Å². The number of alkyl halides is 3. The fourth-order valence-corrected chi connectivity index (χ4v) is 1.38. The third kappa shape index (κ3) is 8.01. The Morgan fingerprint density at radius 3 is 2.45 bits per heavy atom. The van der Waals surface area contributed by atoms with Crippen LogP contribution in [0.2, 0.25) is 0 Å². The average Bonchev–Trinajstić information content (AvgIpc) is 2.31. The van der Waals surface area contributed by atoms with Gasteiger partial charge in [0.1, 0.15) is 12.4 Å². The Balaban J connectivity index is 2.40. The fourth-order valence-electron chi connectivity index (χ4n) is 1.38. The monoisotopic (exact) mass is 291 g/mol. The van der Waals surface area contributed by atoms with Crippen LogP contribution in [0.3, 0.4) is 0 Å². The molecule has 1 N–H and O–H groups in total. The fraction of sp³-hybridized carbons (Fsp3) is 0.571. The molecule has 0 bridgehead atoms. The first-order valence-corrected chi connectivity index (χ1v) is 6.27. The first-order chi connectivity index (χ1) is 9.16. The number of hydrogen-bond donors (Lipinski definition) is 1. The minimum absolute atomic E-state index is 0.00726. The summed E-state index contributed by atoms with van der Waals surface area (Å²) >= 11 is 0. The maximum Gasteiger partial charge on any atom is 0.411 e. The molecule has 0 spiro atoms. The molecule has 20 heavy (non-hydrogen) atoms. The molecule has 0 aliphatic rings. The van der Waals surface area contributed by atoms with E-state index in [1.165, 1.54) is 0 Å². The summed E-state index contributed by atoms with van der Waals surface area (Å²) < 4.78 is 45.1. The van der Waals surface area contributed by atoms with Gasteiger partial charge in [0.15, 0.2) is 6.79 Å².